The summed E-state index contributed by atoms with van der Waals surface area (Å²) in [5, 5.41) is 8.54. The number of ether oxygens (including phenoxy) is 1. The predicted octanol–water partition coefficient (Wildman–Crippen LogP) is 1.73. The Hall–Kier alpha value is -3.17. The molecule has 9 heteroatoms. The molecule has 0 aliphatic carbocycles. The number of fused-ring (bicyclic) bond motifs is 1. The second kappa shape index (κ2) is 8.68. The van der Waals surface area contributed by atoms with E-state index in [0.29, 0.717) is 18.5 Å². The van der Waals surface area contributed by atoms with Crippen LogP contribution in [0, 0.1) is 0 Å². The van der Waals surface area contributed by atoms with Gasteiger partial charge in [0.2, 0.25) is 10.0 Å². The number of benzene rings is 2. The molecule has 1 unspecified atom stereocenters. The zero-order valence-electron chi connectivity index (χ0n) is 16.7. The molecule has 0 saturated carbocycles. The fourth-order valence-electron chi connectivity index (χ4n) is 3.10. The molecule has 0 saturated heterocycles. The SMILES string of the molecule is CC(OC(=O)c1cn(C)c2ccccc12)C(=O)NCCc1ccc(S(N)(=O)=O)cc1. The Balaban J connectivity index is 1.54. The molecule has 0 spiro atoms. The first-order valence-electron chi connectivity index (χ1n) is 9.31. The van der Waals surface area contributed by atoms with Gasteiger partial charge in [-0.15, -0.1) is 0 Å². The molecular formula is C21H23N3O5S. The molecule has 0 aliphatic heterocycles. The largest absolute Gasteiger partial charge is 0.449 e. The average molecular weight is 429 g/mol. The molecule has 1 amide bonds. The number of esters is 1. The summed E-state index contributed by atoms with van der Waals surface area (Å²) in [6.45, 7) is 1.82. The highest BCUT2D eigenvalue weighted by molar-refractivity contribution is 7.89. The molecule has 3 N–H and O–H groups in total. The van der Waals surface area contributed by atoms with E-state index in [1.165, 1.54) is 19.1 Å². The number of carbonyl (C=O) groups is 2. The molecule has 0 aliphatic rings. The van der Waals surface area contributed by atoms with E-state index in [9.17, 15) is 18.0 Å². The van der Waals surface area contributed by atoms with Crippen molar-refractivity contribution in [1.29, 1.82) is 0 Å². The number of para-hydroxylation sites is 1. The zero-order chi connectivity index (χ0) is 21.9. The summed E-state index contributed by atoms with van der Waals surface area (Å²) in [4.78, 5) is 24.8. The summed E-state index contributed by atoms with van der Waals surface area (Å²) in [6, 6.07) is 13.6. The van der Waals surface area contributed by atoms with E-state index in [0.717, 1.165) is 16.5 Å². The first kappa shape index (κ1) is 21.5. The van der Waals surface area contributed by atoms with Crippen LogP contribution in [0.4, 0.5) is 0 Å². The van der Waals surface area contributed by atoms with Crippen LogP contribution in [0.3, 0.4) is 0 Å². The Labute approximate surface area is 174 Å². The third kappa shape index (κ3) is 4.87. The van der Waals surface area contributed by atoms with Crippen LogP contribution < -0.4 is 10.5 Å². The molecule has 3 rings (SSSR count). The van der Waals surface area contributed by atoms with Gasteiger partial charge in [-0.3, -0.25) is 4.79 Å². The molecule has 30 heavy (non-hydrogen) atoms. The highest BCUT2D eigenvalue weighted by Gasteiger charge is 2.21. The maximum Gasteiger partial charge on any atom is 0.341 e. The molecule has 8 nitrogen and oxygen atoms in total. The van der Waals surface area contributed by atoms with Crippen LogP contribution in [0.15, 0.2) is 59.6 Å². The van der Waals surface area contributed by atoms with Crippen molar-refractivity contribution in [2.45, 2.75) is 24.3 Å². The highest BCUT2D eigenvalue weighted by Crippen LogP contribution is 2.21. The number of aryl methyl sites for hydroxylation is 1. The minimum Gasteiger partial charge on any atom is -0.449 e. The molecule has 1 aromatic heterocycles. The second-order valence-corrected chi connectivity index (χ2v) is 8.51. The average Bonchev–Trinajstić information content (AvgIpc) is 3.04. The number of aromatic nitrogens is 1. The topological polar surface area (TPSA) is 120 Å². The summed E-state index contributed by atoms with van der Waals surface area (Å²) >= 11 is 0. The number of nitrogens with zero attached hydrogens (tertiary/aromatic N) is 1. The molecule has 1 atom stereocenters. The number of nitrogens with two attached hydrogens (primary N) is 1. The van der Waals surface area contributed by atoms with Gasteiger partial charge >= 0.3 is 5.97 Å². The van der Waals surface area contributed by atoms with E-state index in [4.69, 9.17) is 9.88 Å². The van der Waals surface area contributed by atoms with Crippen LogP contribution in [0.2, 0.25) is 0 Å². The molecule has 0 bridgehead atoms. The second-order valence-electron chi connectivity index (χ2n) is 6.95. The Morgan fingerprint density at radius 2 is 1.80 bits per heavy atom. The van der Waals surface area contributed by atoms with Crippen LogP contribution in [0.5, 0.6) is 0 Å². The minimum absolute atomic E-state index is 0.0317. The fraction of sp³-hybridized carbons (Fsp3) is 0.238. The van der Waals surface area contributed by atoms with Crippen LogP contribution in [0.1, 0.15) is 22.8 Å². The van der Waals surface area contributed by atoms with Crippen LogP contribution >= 0.6 is 0 Å². The monoisotopic (exact) mass is 429 g/mol. The number of carbonyl (C=O) groups excluding carboxylic acids is 2. The Bertz CT molecular complexity index is 1180. The van der Waals surface area contributed by atoms with Crippen molar-refractivity contribution in [3.8, 4) is 0 Å². The maximum absolute atomic E-state index is 12.5. The molecule has 3 aromatic rings. The number of nitrogens with one attached hydrogen (secondary N) is 1. The summed E-state index contributed by atoms with van der Waals surface area (Å²) in [7, 11) is -1.89. The Kier molecular flexibility index (Phi) is 6.23. The van der Waals surface area contributed by atoms with Crippen molar-refractivity contribution < 1.29 is 22.7 Å². The van der Waals surface area contributed by atoms with Gasteiger partial charge in [0.1, 0.15) is 0 Å². The van der Waals surface area contributed by atoms with Crippen LogP contribution in [0.25, 0.3) is 10.9 Å². The maximum atomic E-state index is 12.5. The third-order valence-corrected chi connectivity index (χ3v) is 5.66. The number of hydrogen-bond acceptors (Lipinski definition) is 5. The van der Waals surface area contributed by atoms with E-state index < -0.39 is 28.0 Å². The normalized spacial score (nSPS) is 12.5. The van der Waals surface area contributed by atoms with E-state index in [1.54, 1.807) is 18.3 Å². The summed E-state index contributed by atoms with van der Waals surface area (Å²) < 4.78 is 29.7. The first-order valence-corrected chi connectivity index (χ1v) is 10.9. The molecule has 2 aromatic carbocycles. The molecule has 1 heterocycles. The van der Waals surface area contributed by atoms with Crippen molar-refractivity contribution in [2.75, 3.05) is 6.54 Å². The van der Waals surface area contributed by atoms with Gasteiger partial charge in [-0.2, -0.15) is 0 Å². The van der Waals surface area contributed by atoms with Gasteiger partial charge in [-0.05, 0) is 37.1 Å². The first-order chi connectivity index (χ1) is 14.2. The lowest BCUT2D eigenvalue weighted by molar-refractivity contribution is -0.129. The minimum atomic E-state index is -3.73. The van der Waals surface area contributed by atoms with Crippen molar-refractivity contribution in [2.24, 2.45) is 12.2 Å². The van der Waals surface area contributed by atoms with E-state index in [2.05, 4.69) is 5.32 Å². The van der Waals surface area contributed by atoms with Gasteiger partial charge in [-0.25, -0.2) is 18.4 Å². The quantitative estimate of drug-likeness (QED) is 0.554. The molecule has 158 valence electrons. The zero-order valence-corrected chi connectivity index (χ0v) is 17.5. The molecule has 0 fully saturated rings. The van der Waals surface area contributed by atoms with Crippen molar-refractivity contribution in [3.05, 3.63) is 65.9 Å². The van der Waals surface area contributed by atoms with Gasteiger partial charge in [0.15, 0.2) is 6.10 Å². The number of rotatable bonds is 7. The number of amides is 1. The van der Waals surface area contributed by atoms with Gasteiger partial charge < -0.3 is 14.6 Å². The van der Waals surface area contributed by atoms with Crippen molar-refractivity contribution >= 4 is 32.8 Å². The van der Waals surface area contributed by atoms with Crippen LogP contribution in [-0.4, -0.2) is 37.5 Å². The Morgan fingerprint density at radius 3 is 2.47 bits per heavy atom. The van der Waals surface area contributed by atoms with Gasteiger partial charge in [0.25, 0.3) is 5.91 Å². The summed E-state index contributed by atoms with van der Waals surface area (Å²) in [5.41, 5.74) is 2.14. The van der Waals surface area contributed by atoms with E-state index in [1.807, 2.05) is 35.9 Å². The lowest BCUT2D eigenvalue weighted by atomic mass is 10.1. The standard InChI is InChI=1S/C21H23N3O5S/c1-14(29-21(26)18-13-24(2)19-6-4-3-5-17(18)19)20(25)23-12-11-15-7-9-16(10-8-15)30(22,27)28/h3-10,13-14H,11-12H2,1-2H3,(H,23,25)(H2,22,27,28). The Morgan fingerprint density at radius 1 is 1.13 bits per heavy atom. The smallest absolute Gasteiger partial charge is 0.341 e. The van der Waals surface area contributed by atoms with Gasteiger partial charge in [0, 0.05) is 30.7 Å². The number of hydrogen-bond donors (Lipinski definition) is 2. The third-order valence-electron chi connectivity index (χ3n) is 4.73. The van der Waals surface area contributed by atoms with Crippen LogP contribution in [-0.2, 0) is 33.0 Å². The number of primary sulfonamides is 1. The fourth-order valence-corrected chi connectivity index (χ4v) is 3.62. The van der Waals surface area contributed by atoms with Gasteiger partial charge in [0.05, 0.1) is 10.5 Å². The van der Waals surface area contributed by atoms with E-state index >= 15 is 0 Å². The lowest BCUT2D eigenvalue weighted by Gasteiger charge is -2.13. The molecule has 0 radical (unpaired) electrons. The lowest BCUT2D eigenvalue weighted by Crippen LogP contribution is -2.36. The summed E-state index contributed by atoms with van der Waals surface area (Å²) in [5.74, 6) is -0.974. The number of sulfonamides is 1. The molecular weight excluding hydrogens is 406 g/mol. The van der Waals surface area contributed by atoms with Crippen molar-refractivity contribution in [1.82, 2.24) is 9.88 Å². The summed E-state index contributed by atoms with van der Waals surface area (Å²) in [6.07, 6.45) is 1.21. The van der Waals surface area contributed by atoms with E-state index in [-0.39, 0.29) is 4.90 Å². The highest BCUT2D eigenvalue weighted by atomic mass is 32.2. The predicted molar refractivity (Wildman–Crippen MR) is 112 cm³/mol. The van der Waals surface area contributed by atoms with Gasteiger partial charge in [-0.1, -0.05) is 30.3 Å². The van der Waals surface area contributed by atoms with Crippen molar-refractivity contribution in [3.63, 3.8) is 0 Å².